The smallest absolute Gasteiger partial charge is 0.343 e. The fourth-order valence-corrected chi connectivity index (χ4v) is 2.46. The lowest BCUT2D eigenvalue weighted by molar-refractivity contribution is 0.0687. The minimum Gasteiger partial charge on any atom is -0.507 e. The Kier molecular flexibility index (Phi) is 4.47. The fourth-order valence-electron chi connectivity index (χ4n) is 2.46. The lowest BCUT2D eigenvalue weighted by Crippen LogP contribution is -2.05. The molecule has 2 N–H and O–H groups in total. The number of pyridine rings is 1. The minimum absolute atomic E-state index is 0.0444. The number of aromatic nitrogens is 1. The molecule has 0 unspecified atom stereocenters. The molecule has 0 saturated carbocycles. The molecule has 128 valence electrons. The molecule has 1 aromatic heterocycles. The normalized spacial score (nSPS) is 11.0. The molecule has 3 aromatic rings. The van der Waals surface area contributed by atoms with E-state index in [1.165, 1.54) is 0 Å². The van der Waals surface area contributed by atoms with Crippen molar-refractivity contribution >= 4 is 16.7 Å². The van der Waals surface area contributed by atoms with Crippen LogP contribution in [0.5, 0.6) is 11.5 Å². The molecule has 0 bridgehead atoms. The third kappa shape index (κ3) is 3.50. The zero-order chi connectivity index (χ0) is 18.0. The number of carboxylic acids is 1. The molecule has 0 aliphatic heterocycles. The van der Waals surface area contributed by atoms with Gasteiger partial charge in [0.1, 0.15) is 23.7 Å². The van der Waals surface area contributed by atoms with Gasteiger partial charge in [0, 0.05) is 23.3 Å². The second-order valence-corrected chi connectivity index (χ2v) is 5.36. The van der Waals surface area contributed by atoms with E-state index in [2.05, 4.69) is 4.98 Å². The van der Waals surface area contributed by atoms with Gasteiger partial charge in [-0.1, -0.05) is 12.1 Å². The number of hydrogen-bond donors (Lipinski definition) is 2. The van der Waals surface area contributed by atoms with Crippen LogP contribution in [0.4, 0.5) is 8.78 Å². The highest BCUT2D eigenvalue weighted by molar-refractivity contribution is 5.94. The standard InChI is InChI=1S/C18H13F2NO4/c19-17(20)12-6-14(22)16(18(23)24)15(7-12)25-9-10-1-2-11-3-4-21-8-13(11)5-10/h1-8,17,22H,9H2,(H,23,24). The van der Waals surface area contributed by atoms with Crippen LogP contribution in [0, 0.1) is 0 Å². The van der Waals surface area contributed by atoms with Crippen LogP contribution >= 0.6 is 0 Å². The molecule has 0 saturated heterocycles. The molecule has 7 heteroatoms. The number of alkyl halides is 2. The molecule has 0 spiro atoms. The Morgan fingerprint density at radius 1 is 1.16 bits per heavy atom. The zero-order valence-electron chi connectivity index (χ0n) is 12.8. The van der Waals surface area contributed by atoms with Crippen molar-refractivity contribution in [3.05, 3.63) is 65.5 Å². The maximum absolute atomic E-state index is 12.9. The summed E-state index contributed by atoms with van der Waals surface area (Å²) in [5.41, 5.74) is -0.356. The number of phenols is 1. The molecule has 0 amide bonds. The second-order valence-electron chi connectivity index (χ2n) is 5.36. The maximum atomic E-state index is 12.9. The van der Waals surface area contributed by atoms with E-state index in [0.717, 1.165) is 22.9 Å². The highest BCUT2D eigenvalue weighted by Crippen LogP contribution is 2.34. The average molecular weight is 345 g/mol. The number of ether oxygens (including phenoxy) is 1. The monoisotopic (exact) mass is 345 g/mol. The average Bonchev–Trinajstić information content (AvgIpc) is 2.58. The van der Waals surface area contributed by atoms with Crippen LogP contribution in [-0.2, 0) is 6.61 Å². The van der Waals surface area contributed by atoms with E-state index in [0.29, 0.717) is 5.56 Å². The van der Waals surface area contributed by atoms with E-state index in [1.807, 2.05) is 12.1 Å². The van der Waals surface area contributed by atoms with Gasteiger partial charge in [-0.2, -0.15) is 0 Å². The number of carboxylic acid groups (broad SMARTS) is 1. The number of aromatic hydroxyl groups is 1. The van der Waals surface area contributed by atoms with Crippen LogP contribution < -0.4 is 4.74 Å². The Balaban J connectivity index is 1.91. The van der Waals surface area contributed by atoms with Gasteiger partial charge < -0.3 is 14.9 Å². The van der Waals surface area contributed by atoms with Crippen LogP contribution in [0.2, 0.25) is 0 Å². The summed E-state index contributed by atoms with van der Waals surface area (Å²) in [5.74, 6) is -2.53. The van der Waals surface area contributed by atoms with Crippen molar-refractivity contribution in [2.24, 2.45) is 0 Å². The minimum atomic E-state index is -2.86. The molecule has 2 aromatic carbocycles. The van der Waals surface area contributed by atoms with Gasteiger partial charge in [-0.05, 0) is 35.2 Å². The SMILES string of the molecule is O=C(O)c1c(O)cc(C(F)F)cc1OCc1ccc2ccncc2c1. The Labute approximate surface area is 141 Å². The van der Waals surface area contributed by atoms with Gasteiger partial charge in [0.05, 0.1) is 0 Å². The van der Waals surface area contributed by atoms with Crippen LogP contribution in [0.3, 0.4) is 0 Å². The van der Waals surface area contributed by atoms with Crippen LogP contribution in [0.15, 0.2) is 48.8 Å². The van der Waals surface area contributed by atoms with Crippen molar-refractivity contribution in [2.45, 2.75) is 13.0 Å². The third-order valence-corrected chi connectivity index (χ3v) is 3.67. The Hall–Kier alpha value is -3.22. The van der Waals surface area contributed by atoms with Crippen LogP contribution in [0.1, 0.15) is 27.9 Å². The van der Waals surface area contributed by atoms with Crippen LogP contribution in [-0.4, -0.2) is 21.2 Å². The van der Waals surface area contributed by atoms with E-state index >= 15 is 0 Å². The Bertz CT molecular complexity index is 944. The second kappa shape index (κ2) is 6.72. The molecule has 0 aliphatic rings. The topological polar surface area (TPSA) is 79.7 Å². The van der Waals surface area contributed by atoms with Gasteiger partial charge in [-0.15, -0.1) is 0 Å². The molecule has 1 heterocycles. The first-order valence-corrected chi connectivity index (χ1v) is 7.29. The summed E-state index contributed by atoms with van der Waals surface area (Å²) in [6.45, 7) is -0.0444. The Morgan fingerprint density at radius 3 is 2.68 bits per heavy atom. The number of benzene rings is 2. The van der Waals surface area contributed by atoms with E-state index in [-0.39, 0.29) is 12.4 Å². The molecule has 0 fully saturated rings. The van der Waals surface area contributed by atoms with Crippen molar-refractivity contribution in [1.82, 2.24) is 4.98 Å². The van der Waals surface area contributed by atoms with Crippen molar-refractivity contribution in [2.75, 3.05) is 0 Å². The van der Waals surface area contributed by atoms with E-state index in [1.54, 1.807) is 24.5 Å². The number of hydrogen-bond acceptors (Lipinski definition) is 4. The summed E-state index contributed by atoms with van der Waals surface area (Å²) >= 11 is 0. The molecule has 3 rings (SSSR count). The summed E-state index contributed by atoms with van der Waals surface area (Å²) < 4.78 is 31.2. The molecule has 0 atom stereocenters. The van der Waals surface area contributed by atoms with E-state index in [4.69, 9.17) is 4.74 Å². The summed E-state index contributed by atoms with van der Waals surface area (Å²) in [6, 6.07) is 8.92. The summed E-state index contributed by atoms with van der Waals surface area (Å²) in [6.07, 6.45) is 0.476. The summed E-state index contributed by atoms with van der Waals surface area (Å²) in [7, 11) is 0. The summed E-state index contributed by atoms with van der Waals surface area (Å²) in [4.78, 5) is 15.3. The van der Waals surface area contributed by atoms with Crippen molar-refractivity contribution in [1.29, 1.82) is 0 Å². The largest absolute Gasteiger partial charge is 0.507 e. The molecule has 0 radical (unpaired) electrons. The highest BCUT2D eigenvalue weighted by atomic mass is 19.3. The molecular formula is C18H13F2NO4. The zero-order valence-corrected chi connectivity index (χ0v) is 12.8. The first-order valence-electron chi connectivity index (χ1n) is 7.29. The third-order valence-electron chi connectivity index (χ3n) is 3.67. The predicted octanol–water partition coefficient (Wildman–Crippen LogP) is 4.16. The number of carbonyl (C=O) groups is 1. The lowest BCUT2D eigenvalue weighted by atomic mass is 10.1. The lowest BCUT2D eigenvalue weighted by Gasteiger charge is -2.13. The predicted molar refractivity (Wildman–Crippen MR) is 86.1 cm³/mol. The van der Waals surface area contributed by atoms with Gasteiger partial charge in [-0.25, -0.2) is 13.6 Å². The van der Waals surface area contributed by atoms with Gasteiger partial charge >= 0.3 is 5.97 Å². The van der Waals surface area contributed by atoms with E-state index < -0.39 is 29.3 Å². The Morgan fingerprint density at radius 2 is 1.96 bits per heavy atom. The first-order chi connectivity index (χ1) is 12.0. The van der Waals surface area contributed by atoms with Gasteiger partial charge in [0.25, 0.3) is 6.43 Å². The summed E-state index contributed by atoms with van der Waals surface area (Å²) in [5, 5.41) is 20.7. The quantitative estimate of drug-likeness (QED) is 0.726. The fraction of sp³-hybridized carbons (Fsp3) is 0.111. The molecular weight excluding hydrogens is 332 g/mol. The molecule has 25 heavy (non-hydrogen) atoms. The van der Waals surface area contributed by atoms with E-state index in [9.17, 15) is 23.8 Å². The number of aromatic carboxylic acids is 1. The number of fused-ring (bicyclic) bond motifs is 1. The van der Waals surface area contributed by atoms with Crippen LogP contribution in [0.25, 0.3) is 10.8 Å². The van der Waals surface area contributed by atoms with Gasteiger partial charge in [0.15, 0.2) is 0 Å². The van der Waals surface area contributed by atoms with Gasteiger partial charge in [0.2, 0.25) is 0 Å². The van der Waals surface area contributed by atoms with Crippen molar-refractivity contribution in [3.8, 4) is 11.5 Å². The molecule has 0 aliphatic carbocycles. The number of rotatable bonds is 5. The first kappa shape index (κ1) is 16.6. The van der Waals surface area contributed by atoms with Crippen molar-refractivity contribution < 1.29 is 28.5 Å². The molecule has 5 nitrogen and oxygen atoms in total. The maximum Gasteiger partial charge on any atom is 0.343 e. The van der Waals surface area contributed by atoms with Gasteiger partial charge in [-0.3, -0.25) is 4.98 Å². The van der Waals surface area contributed by atoms with Crippen molar-refractivity contribution in [3.63, 3.8) is 0 Å². The number of halogens is 2. The number of nitrogens with zero attached hydrogens (tertiary/aromatic N) is 1. The highest BCUT2D eigenvalue weighted by Gasteiger charge is 2.21.